The van der Waals surface area contributed by atoms with E-state index in [0.717, 1.165) is 27.7 Å². The first-order valence-corrected chi connectivity index (χ1v) is 9.91. The van der Waals surface area contributed by atoms with E-state index in [-0.39, 0.29) is 11.0 Å². The fourth-order valence-electron chi connectivity index (χ4n) is 3.09. The molecule has 1 aliphatic rings. The lowest BCUT2D eigenvalue weighted by Crippen LogP contribution is -2.16. The Balaban J connectivity index is 1.84. The number of carbonyl (C=O) groups excluding carboxylic acids is 1. The van der Waals surface area contributed by atoms with E-state index in [1.165, 1.54) is 30.2 Å². The standard InChI is InChI=1S/C20H27N3OS/c1-11(2)19-21-22-20(23(19)16-7-8-16)25-15(6)18(24)17-10-13(4)12(3)9-14(17)5/h9-11,15-16H,7-8H2,1-6H3. The van der Waals surface area contributed by atoms with Crippen LogP contribution in [-0.4, -0.2) is 25.8 Å². The summed E-state index contributed by atoms with van der Waals surface area (Å²) < 4.78 is 2.26. The SMILES string of the molecule is Cc1cc(C)c(C(=O)C(C)Sc2nnc(C(C)C)n2C2CC2)cc1C. The predicted molar refractivity (Wildman–Crippen MR) is 103 cm³/mol. The van der Waals surface area contributed by atoms with E-state index < -0.39 is 0 Å². The van der Waals surface area contributed by atoms with E-state index in [9.17, 15) is 4.79 Å². The second-order valence-corrected chi connectivity index (χ2v) is 8.78. The Morgan fingerprint density at radius 3 is 2.32 bits per heavy atom. The van der Waals surface area contributed by atoms with Gasteiger partial charge in [-0.25, -0.2) is 0 Å². The van der Waals surface area contributed by atoms with Gasteiger partial charge in [0.15, 0.2) is 10.9 Å². The topological polar surface area (TPSA) is 47.8 Å². The number of ketones is 1. The molecular formula is C20H27N3OS. The van der Waals surface area contributed by atoms with Crippen molar-refractivity contribution in [2.75, 3.05) is 0 Å². The summed E-state index contributed by atoms with van der Waals surface area (Å²) in [7, 11) is 0. The number of rotatable bonds is 6. The van der Waals surface area contributed by atoms with Crippen molar-refractivity contribution in [3.63, 3.8) is 0 Å². The highest BCUT2D eigenvalue weighted by Crippen LogP contribution is 2.41. The number of hydrogen-bond acceptors (Lipinski definition) is 4. The van der Waals surface area contributed by atoms with Crippen molar-refractivity contribution in [2.24, 2.45) is 0 Å². The van der Waals surface area contributed by atoms with E-state index >= 15 is 0 Å². The molecule has 0 amide bonds. The van der Waals surface area contributed by atoms with Crippen molar-refractivity contribution in [1.82, 2.24) is 14.8 Å². The van der Waals surface area contributed by atoms with Gasteiger partial charge in [0.2, 0.25) is 0 Å². The van der Waals surface area contributed by atoms with Gasteiger partial charge >= 0.3 is 0 Å². The van der Waals surface area contributed by atoms with Crippen LogP contribution in [0.5, 0.6) is 0 Å². The Morgan fingerprint density at radius 2 is 1.72 bits per heavy atom. The number of carbonyl (C=O) groups is 1. The average molecular weight is 358 g/mol. The molecule has 1 aliphatic carbocycles. The summed E-state index contributed by atoms with van der Waals surface area (Å²) in [6.45, 7) is 12.4. The van der Waals surface area contributed by atoms with Crippen LogP contribution >= 0.6 is 11.8 Å². The number of Topliss-reactive ketones (excluding diaryl/α,β-unsaturated/α-hetero) is 1. The van der Waals surface area contributed by atoms with E-state index in [4.69, 9.17) is 0 Å². The molecule has 0 N–H and O–H groups in total. The van der Waals surface area contributed by atoms with E-state index in [1.807, 2.05) is 19.9 Å². The summed E-state index contributed by atoms with van der Waals surface area (Å²) in [5.41, 5.74) is 4.26. The average Bonchev–Trinajstić information content (AvgIpc) is 3.30. The summed E-state index contributed by atoms with van der Waals surface area (Å²) in [6, 6.07) is 4.64. The van der Waals surface area contributed by atoms with Crippen LogP contribution in [-0.2, 0) is 0 Å². The molecule has 1 fully saturated rings. The minimum atomic E-state index is -0.178. The highest BCUT2D eigenvalue weighted by atomic mass is 32.2. The van der Waals surface area contributed by atoms with Gasteiger partial charge in [-0.15, -0.1) is 10.2 Å². The largest absolute Gasteiger partial charge is 0.303 e. The van der Waals surface area contributed by atoms with Crippen LogP contribution in [0, 0.1) is 20.8 Å². The van der Waals surface area contributed by atoms with Gasteiger partial charge in [0.25, 0.3) is 0 Å². The van der Waals surface area contributed by atoms with Crippen LogP contribution in [0.2, 0.25) is 0 Å². The van der Waals surface area contributed by atoms with Gasteiger partial charge in [-0.1, -0.05) is 31.7 Å². The fourth-order valence-corrected chi connectivity index (χ4v) is 4.09. The van der Waals surface area contributed by atoms with Gasteiger partial charge < -0.3 is 4.57 Å². The normalized spacial score (nSPS) is 15.6. The second kappa shape index (κ2) is 6.94. The Hall–Kier alpha value is -1.62. The third-order valence-electron chi connectivity index (χ3n) is 4.88. The summed E-state index contributed by atoms with van der Waals surface area (Å²) in [5.74, 6) is 1.55. The Morgan fingerprint density at radius 1 is 1.08 bits per heavy atom. The van der Waals surface area contributed by atoms with Gasteiger partial charge in [-0.2, -0.15) is 0 Å². The lowest BCUT2D eigenvalue weighted by molar-refractivity contribution is 0.0993. The molecule has 1 aromatic heterocycles. The summed E-state index contributed by atoms with van der Waals surface area (Å²) >= 11 is 1.54. The maximum absolute atomic E-state index is 13.0. The molecule has 1 unspecified atom stereocenters. The van der Waals surface area contributed by atoms with Crippen LogP contribution in [0.25, 0.3) is 0 Å². The van der Waals surface area contributed by atoms with Crippen LogP contribution in [0.15, 0.2) is 17.3 Å². The van der Waals surface area contributed by atoms with Crippen LogP contribution in [0.1, 0.15) is 78.4 Å². The first-order chi connectivity index (χ1) is 11.8. The Kier molecular flexibility index (Phi) is 5.05. The molecule has 3 rings (SSSR count). The van der Waals surface area contributed by atoms with Crippen molar-refractivity contribution in [1.29, 1.82) is 0 Å². The van der Waals surface area contributed by atoms with Gasteiger partial charge in [0, 0.05) is 17.5 Å². The number of aromatic nitrogens is 3. The third kappa shape index (κ3) is 3.66. The zero-order chi connectivity index (χ0) is 18.3. The molecule has 0 radical (unpaired) electrons. The molecule has 0 bridgehead atoms. The van der Waals surface area contributed by atoms with Gasteiger partial charge in [-0.05, 0) is 63.3 Å². The van der Waals surface area contributed by atoms with Crippen molar-refractivity contribution in [3.05, 3.63) is 40.2 Å². The minimum absolute atomic E-state index is 0.169. The smallest absolute Gasteiger partial charge is 0.192 e. The summed E-state index contributed by atoms with van der Waals surface area (Å²) in [5, 5.41) is 9.48. The number of benzene rings is 1. The maximum Gasteiger partial charge on any atom is 0.192 e. The van der Waals surface area contributed by atoms with Crippen molar-refractivity contribution < 1.29 is 4.79 Å². The highest BCUT2D eigenvalue weighted by Gasteiger charge is 2.32. The highest BCUT2D eigenvalue weighted by molar-refractivity contribution is 8.00. The maximum atomic E-state index is 13.0. The third-order valence-corrected chi connectivity index (χ3v) is 5.93. The minimum Gasteiger partial charge on any atom is -0.303 e. The Labute approximate surface area is 154 Å². The molecule has 2 aromatic rings. The van der Waals surface area contributed by atoms with Crippen LogP contribution < -0.4 is 0 Å². The summed E-state index contributed by atoms with van der Waals surface area (Å²) in [6.07, 6.45) is 2.37. The quantitative estimate of drug-likeness (QED) is 0.538. The molecule has 4 nitrogen and oxygen atoms in total. The lowest BCUT2D eigenvalue weighted by atomic mass is 9.97. The molecule has 1 saturated carbocycles. The molecule has 1 aromatic carbocycles. The van der Waals surface area contributed by atoms with Crippen molar-refractivity contribution in [3.8, 4) is 0 Å². The van der Waals surface area contributed by atoms with E-state index in [2.05, 4.69) is 48.5 Å². The fraction of sp³-hybridized carbons (Fsp3) is 0.550. The molecule has 25 heavy (non-hydrogen) atoms. The molecular weight excluding hydrogens is 330 g/mol. The predicted octanol–water partition coefficient (Wildman–Crippen LogP) is 5.03. The zero-order valence-electron chi connectivity index (χ0n) is 16.0. The molecule has 0 saturated heterocycles. The number of aryl methyl sites for hydroxylation is 3. The van der Waals surface area contributed by atoms with Gasteiger partial charge in [-0.3, -0.25) is 4.79 Å². The molecule has 134 valence electrons. The van der Waals surface area contributed by atoms with E-state index in [1.54, 1.807) is 0 Å². The number of thioether (sulfide) groups is 1. The van der Waals surface area contributed by atoms with Crippen LogP contribution in [0.4, 0.5) is 0 Å². The van der Waals surface area contributed by atoms with Crippen molar-refractivity contribution in [2.45, 2.75) is 76.8 Å². The van der Waals surface area contributed by atoms with Gasteiger partial charge in [0.1, 0.15) is 5.82 Å². The Bertz CT molecular complexity index is 806. The molecule has 0 aliphatic heterocycles. The first-order valence-electron chi connectivity index (χ1n) is 9.03. The zero-order valence-corrected chi connectivity index (χ0v) is 16.8. The summed E-state index contributed by atoms with van der Waals surface area (Å²) in [4.78, 5) is 13.0. The monoisotopic (exact) mass is 357 g/mol. The van der Waals surface area contributed by atoms with Crippen LogP contribution in [0.3, 0.4) is 0 Å². The number of nitrogens with zero attached hydrogens (tertiary/aromatic N) is 3. The second-order valence-electron chi connectivity index (χ2n) is 7.47. The molecule has 5 heteroatoms. The lowest BCUT2D eigenvalue weighted by Gasteiger charge is -2.15. The first kappa shape index (κ1) is 18.2. The molecule has 1 atom stereocenters. The molecule has 0 spiro atoms. The molecule has 1 heterocycles. The number of hydrogen-bond donors (Lipinski definition) is 0. The van der Waals surface area contributed by atoms with Gasteiger partial charge in [0.05, 0.1) is 5.25 Å². The van der Waals surface area contributed by atoms with Crippen molar-refractivity contribution >= 4 is 17.5 Å². The van der Waals surface area contributed by atoms with E-state index in [0.29, 0.717) is 12.0 Å².